The van der Waals surface area contributed by atoms with Crippen LogP contribution in [0.1, 0.15) is 6.92 Å². The molecule has 0 aromatic carbocycles. The van der Waals surface area contributed by atoms with Crippen LogP contribution in [-0.4, -0.2) is 30.1 Å². The summed E-state index contributed by atoms with van der Waals surface area (Å²) in [7, 11) is 1.54. The topological polar surface area (TPSA) is 49.3 Å². The van der Waals surface area contributed by atoms with Crippen LogP contribution in [0.2, 0.25) is 0 Å². The van der Waals surface area contributed by atoms with E-state index in [-0.39, 0.29) is 12.4 Å². The minimum atomic E-state index is -1.18. The van der Waals surface area contributed by atoms with E-state index in [2.05, 4.69) is 11.2 Å². The van der Waals surface area contributed by atoms with Crippen molar-refractivity contribution in [3.05, 3.63) is 0 Å². The second-order valence-electron chi connectivity index (χ2n) is 2.01. The quantitative estimate of drug-likeness (QED) is 0.504. The third-order valence-electron chi connectivity index (χ3n) is 1.51. The van der Waals surface area contributed by atoms with Gasteiger partial charge in [-0.3, -0.25) is 10.1 Å². The van der Waals surface area contributed by atoms with Crippen molar-refractivity contribution in [3.8, 4) is 12.3 Å². The van der Waals surface area contributed by atoms with Gasteiger partial charge in [-0.1, -0.05) is 5.92 Å². The number of carbonyl (C=O) groups excluding carboxylic acids is 1. The molecule has 3 heteroatoms. The predicted molar refractivity (Wildman–Crippen MR) is 38.4 cm³/mol. The van der Waals surface area contributed by atoms with Crippen molar-refractivity contribution >= 4 is 5.78 Å². The Balaban J connectivity index is 4.52. The monoisotopic (exact) mass is 141 g/mol. The van der Waals surface area contributed by atoms with Gasteiger partial charge < -0.3 is 5.11 Å². The zero-order valence-corrected chi connectivity index (χ0v) is 6.14. The number of ketones is 1. The van der Waals surface area contributed by atoms with E-state index in [1.165, 1.54) is 14.0 Å². The lowest BCUT2D eigenvalue weighted by molar-refractivity contribution is -0.122. The molecule has 56 valence electrons. The average Bonchev–Trinajstić information content (AvgIpc) is 1.92. The molecule has 0 aliphatic carbocycles. The minimum Gasteiger partial charge on any atom is -0.393 e. The number of terminal acetylenes is 1. The first-order chi connectivity index (χ1) is 4.63. The fourth-order valence-electron chi connectivity index (χ4n) is 0.586. The van der Waals surface area contributed by atoms with Crippen LogP contribution >= 0.6 is 0 Å². The highest BCUT2D eigenvalue weighted by atomic mass is 16.3. The Hall–Kier alpha value is -0.850. The summed E-state index contributed by atoms with van der Waals surface area (Å²) in [6.07, 6.45) is 5.04. The molecule has 0 bridgehead atoms. The molecule has 0 rings (SSSR count). The van der Waals surface area contributed by atoms with Gasteiger partial charge in [0, 0.05) is 0 Å². The standard InChI is InChI=1S/C7H11NO2/c1-4-7(5-9,8-3)6(2)10/h1,8-9H,5H2,2-3H3. The number of hydrogen-bond acceptors (Lipinski definition) is 3. The van der Waals surface area contributed by atoms with Crippen LogP contribution in [0.25, 0.3) is 0 Å². The van der Waals surface area contributed by atoms with E-state index >= 15 is 0 Å². The van der Waals surface area contributed by atoms with Gasteiger partial charge in [-0.25, -0.2) is 0 Å². The Kier molecular flexibility index (Phi) is 3.07. The summed E-state index contributed by atoms with van der Waals surface area (Å²) < 4.78 is 0. The van der Waals surface area contributed by atoms with Crippen molar-refractivity contribution in [2.45, 2.75) is 12.5 Å². The van der Waals surface area contributed by atoms with E-state index in [0.29, 0.717) is 0 Å². The normalized spacial score (nSPS) is 15.4. The number of rotatable bonds is 3. The van der Waals surface area contributed by atoms with Gasteiger partial charge in [0.1, 0.15) is 0 Å². The number of carbonyl (C=O) groups is 1. The zero-order valence-electron chi connectivity index (χ0n) is 6.14. The van der Waals surface area contributed by atoms with Crippen molar-refractivity contribution < 1.29 is 9.90 Å². The summed E-state index contributed by atoms with van der Waals surface area (Å²) in [5.41, 5.74) is -1.18. The first-order valence-corrected chi connectivity index (χ1v) is 2.91. The lowest BCUT2D eigenvalue weighted by Gasteiger charge is -2.21. The third kappa shape index (κ3) is 1.35. The molecule has 0 spiro atoms. The first kappa shape index (κ1) is 9.15. The Bertz CT molecular complexity index is 165. The summed E-state index contributed by atoms with van der Waals surface area (Å²) in [6, 6.07) is 0. The highest BCUT2D eigenvalue weighted by molar-refractivity contribution is 5.89. The van der Waals surface area contributed by atoms with E-state index in [0.717, 1.165) is 0 Å². The maximum absolute atomic E-state index is 10.8. The Labute approximate surface area is 60.4 Å². The fourth-order valence-corrected chi connectivity index (χ4v) is 0.586. The first-order valence-electron chi connectivity index (χ1n) is 2.91. The molecule has 0 radical (unpaired) electrons. The van der Waals surface area contributed by atoms with Gasteiger partial charge in [0.25, 0.3) is 0 Å². The number of nitrogens with one attached hydrogen (secondary N) is 1. The summed E-state index contributed by atoms with van der Waals surface area (Å²) in [4.78, 5) is 10.8. The molecule has 0 aliphatic rings. The second kappa shape index (κ2) is 3.35. The number of hydrogen-bond donors (Lipinski definition) is 2. The molecule has 0 aromatic rings. The van der Waals surface area contributed by atoms with Crippen LogP contribution in [0.4, 0.5) is 0 Å². The predicted octanol–water partition coefficient (Wildman–Crippen LogP) is -0.841. The van der Waals surface area contributed by atoms with Crippen molar-refractivity contribution in [2.24, 2.45) is 0 Å². The molecule has 0 saturated heterocycles. The third-order valence-corrected chi connectivity index (χ3v) is 1.51. The SMILES string of the molecule is C#CC(CO)(NC)C(C)=O. The van der Waals surface area contributed by atoms with Crippen molar-refractivity contribution in [1.82, 2.24) is 5.32 Å². The smallest absolute Gasteiger partial charge is 0.164 e. The number of aliphatic hydroxyl groups is 1. The van der Waals surface area contributed by atoms with Crippen LogP contribution in [0.15, 0.2) is 0 Å². The van der Waals surface area contributed by atoms with Gasteiger partial charge in [0.2, 0.25) is 0 Å². The highest BCUT2D eigenvalue weighted by Crippen LogP contribution is 2.01. The number of Topliss-reactive ketones (excluding diaryl/α,β-unsaturated/α-hetero) is 1. The van der Waals surface area contributed by atoms with Gasteiger partial charge in [-0.05, 0) is 14.0 Å². The Morgan fingerprint density at radius 2 is 2.40 bits per heavy atom. The molecule has 0 amide bonds. The van der Waals surface area contributed by atoms with Gasteiger partial charge in [0.05, 0.1) is 6.61 Å². The molecule has 0 aromatic heterocycles. The molecule has 0 fully saturated rings. The summed E-state index contributed by atoms with van der Waals surface area (Å²) in [5.74, 6) is 1.95. The lowest BCUT2D eigenvalue weighted by atomic mass is 9.98. The van der Waals surface area contributed by atoms with Gasteiger partial charge in [-0.15, -0.1) is 6.42 Å². The largest absolute Gasteiger partial charge is 0.393 e. The fraction of sp³-hybridized carbons (Fsp3) is 0.571. The van der Waals surface area contributed by atoms with Crippen LogP contribution in [0.3, 0.4) is 0 Å². The molecule has 0 saturated carbocycles. The van der Waals surface area contributed by atoms with Crippen molar-refractivity contribution in [3.63, 3.8) is 0 Å². The van der Waals surface area contributed by atoms with Gasteiger partial charge >= 0.3 is 0 Å². The lowest BCUT2D eigenvalue weighted by Crippen LogP contribution is -2.51. The minimum absolute atomic E-state index is 0.250. The molecule has 3 nitrogen and oxygen atoms in total. The zero-order chi connectivity index (χ0) is 8.20. The maximum Gasteiger partial charge on any atom is 0.164 e. The van der Waals surface area contributed by atoms with Crippen LogP contribution in [0, 0.1) is 12.3 Å². The van der Waals surface area contributed by atoms with E-state index in [4.69, 9.17) is 11.5 Å². The van der Waals surface area contributed by atoms with E-state index in [9.17, 15) is 4.79 Å². The molecule has 1 unspecified atom stereocenters. The summed E-state index contributed by atoms with van der Waals surface area (Å²) in [6.45, 7) is 0.974. The average molecular weight is 141 g/mol. The Morgan fingerprint density at radius 3 is 2.40 bits per heavy atom. The second-order valence-corrected chi connectivity index (χ2v) is 2.01. The van der Waals surface area contributed by atoms with Gasteiger partial charge in [0.15, 0.2) is 11.3 Å². The van der Waals surface area contributed by atoms with Gasteiger partial charge in [-0.2, -0.15) is 0 Å². The Morgan fingerprint density at radius 1 is 1.90 bits per heavy atom. The molecule has 2 N–H and O–H groups in total. The maximum atomic E-state index is 10.8. The van der Waals surface area contributed by atoms with Crippen molar-refractivity contribution in [2.75, 3.05) is 13.7 Å². The number of aliphatic hydroxyl groups excluding tert-OH is 1. The van der Waals surface area contributed by atoms with E-state index < -0.39 is 5.54 Å². The van der Waals surface area contributed by atoms with Crippen LogP contribution in [0.5, 0.6) is 0 Å². The van der Waals surface area contributed by atoms with Crippen molar-refractivity contribution in [1.29, 1.82) is 0 Å². The van der Waals surface area contributed by atoms with Crippen LogP contribution in [-0.2, 0) is 4.79 Å². The molecule has 0 heterocycles. The summed E-state index contributed by atoms with van der Waals surface area (Å²) >= 11 is 0. The van der Waals surface area contributed by atoms with E-state index in [1.54, 1.807) is 0 Å². The molecular weight excluding hydrogens is 130 g/mol. The molecular formula is C7H11NO2. The number of likely N-dealkylation sites (N-methyl/N-ethyl adjacent to an activating group) is 1. The molecule has 1 atom stereocenters. The van der Waals surface area contributed by atoms with E-state index in [1.807, 2.05) is 0 Å². The van der Waals surface area contributed by atoms with Crippen LogP contribution < -0.4 is 5.32 Å². The highest BCUT2D eigenvalue weighted by Gasteiger charge is 2.29. The molecule has 0 aliphatic heterocycles. The molecule has 10 heavy (non-hydrogen) atoms. The summed E-state index contributed by atoms with van der Waals surface area (Å²) in [5, 5.41) is 11.3.